The summed E-state index contributed by atoms with van der Waals surface area (Å²) in [7, 11) is 0. The van der Waals surface area contributed by atoms with Crippen LogP contribution in [0, 0.1) is 5.92 Å². The summed E-state index contributed by atoms with van der Waals surface area (Å²) in [5, 5.41) is 0. The monoisotopic (exact) mass is 367 g/mol. The van der Waals surface area contributed by atoms with Crippen LogP contribution in [0.4, 0.5) is 0 Å². The van der Waals surface area contributed by atoms with Crippen LogP contribution >= 0.6 is 0 Å². The summed E-state index contributed by atoms with van der Waals surface area (Å²) in [6.45, 7) is 3.73. The van der Waals surface area contributed by atoms with Gasteiger partial charge in [-0.05, 0) is 44.0 Å². The molecule has 0 bridgehead atoms. The highest BCUT2D eigenvalue weighted by atomic mass is 16.5. The lowest BCUT2D eigenvalue weighted by molar-refractivity contribution is -0.134. The van der Waals surface area contributed by atoms with E-state index in [1.807, 2.05) is 49.4 Å². The highest BCUT2D eigenvalue weighted by Crippen LogP contribution is 2.22. The van der Waals surface area contributed by atoms with Crippen molar-refractivity contribution in [2.75, 3.05) is 26.3 Å². The standard InChI is InChI=1S/C22H25NO4/c1-2-26-19-8-10-20(11-9-19)27-16-21(24)23-14-12-18(13-15-23)22(25)17-6-4-3-5-7-17/h3-11,18H,2,12-16H2,1H3. The normalized spacial score (nSPS) is 14.6. The van der Waals surface area contributed by atoms with Crippen LogP contribution in [-0.4, -0.2) is 42.9 Å². The SMILES string of the molecule is CCOc1ccc(OCC(=O)N2CCC(C(=O)c3ccccc3)CC2)cc1. The number of Topliss-reactive ketones (excluding diaryl/α,β-unsaturated/α-hetero) is 1. The molecule has 3 rings (SSSR count). The average molecular weight is 367 g/mol. The van der Waals surface area contributed by atoms with Crippen molar-refractivity contribution in [1.29, 1.82) is 0 Å². The zero-order valence-corrected chi connectivity index (χ0v) is 15.6. The molecule has 0 N–H and O–H groups in total. The van der Waals surface area contributed by atoms with Crippen LogP contribution in [0.3, 0.4) is 0 Å². The zero-order valence-electron chi connectivity index (χ0n) is 15.6. The van der Waals surface area contributed by atoms with E-state index in [1.54, 1.807) is 17.0 Å². The molecule has 27 heavy (non-hydrogen) atoms. The molecule has 5 heteroatoms. The Kier molecular flexibility index (Phi) is 6.47. The molecule has 1 fully saturated rings. The van der Waals surface area contributed by atoms with Gasteiger partial charge in [0.05, 0.1) is 6.61 Å². The Labute approximate surface area is 159 Å². The number of hydrogen-bond donors (Lipinski definition) is 0. The van der Waals surface area contributed by atoms with Crippen LogP contribution in [0.25, 0.3) is 0 Å². The van der Waals surface area contributed by atoms with Crippen LogP contribution in [0.5, 0.6) is 11.5 Å². The number of hydrogen-bond acceptors (Lipinski definition) is 4. The first-order valence-corrected chi connectivity index (χ1v) is 9.40. The van der Waals surface area contributed by atoms with Crippen LogP contribution in [0.2, 0.25) is 0 Å². The topological polar surface area (TPSA) is 55.8 Å². The fourth-order valence-corrected chi connectivity index (χ4v) is 3.26. The molecule has 0 aliphatic carbocycles. The number of rotatable bonds is 7. The van der Waals surface area contributed by atoms with Crippen LogP contribution in [-0.2, 0) is 4.79 Å². The molecule has 1 amide bonds. The maximum absolute atomic E-state index is 12.5. The lowest BCUT2D eigenvalue weighted by Crippen LogP contribution is -2.42. The van der Waals surface area contributed by atoms with Crippen molar-refractivity contribution in [3.63, 3.8) is 0 Å². The molecule has 1 saturated heterocycles. The van der Waals surface area contributed by atoms with Gasteiger partial charge in [0.15, 0.2) is 12.4 Å². The first-order valence-electron chi connectivity index (χ1n) is 9.40. The number of ether oxygens (including phenoxy) is 2. The van der Waals surface area contributed by atoms with Crippen molar-refractivity contribution < 1.29 is 19.1 Å². The van der Waals surface area contributed by atoms with Gasteiger partial charge in [0.2, 0.25) is 0 Å². The van der Waals surface area contributed by atoms with E-state index in [-0.39, 0.29) is 24.2 Å². The summed E-state index contributed by atoms with van der Waals surface area (Å²) < 4.78 is 11.0. The third-order valence-electron chi connectivity index (χ3n) is 4.77. The van der Waals surface area contributed by atoms with E-state index < -0.39 is 0 Å². The van der Waals surface area contributed by atoms with Gasteiger partial charge in [-0.25, -0.2) is 0 Å². The third-order valence-corrected chi connectivity index (χ3v) is 4.77. The van der Waals surface area contributed by atoms with E-state index in [2.05, 4.69) is 0 Å². The lowest BCUT2D eigenvalue weighted by atomic mass is 9.89. The van der Waals surface area contributed by atoms with E-state index in [1.165, 1.54) is 0 Å². The van der Waals surface area contributed by atoms with Crippen LogP contribution in [0.15, 0.2) is 54.6 Å². The number of carbonyl (C=O) groups is 2. The molecule has 0 atom stereocenters. The minimum absolute atomic E-state index is 0.00524. The molecule has 1 aliphatic rings. The highest BCUT2D eigenvalue weighted by Gasteiger charge is 2.27. The molecule has 0 radical (unpaired) electrons. The van der Waals surface area contributed by atoms with Crippen molar-refractivity contribution in [3.05, 3.63) is 60.2 Å². The summed E-state index contributed by atoms with van der Waals surface area (Å²) >= 11 is 0. The second-order valence-electron chi connectivity index (χ2n) is 6.58. The average Bonchev–Trinajstić information content (AvgIpc) is 2.73. The molecule has 1 aliphatic heterocycles. The summed E-state index contributed by atoms with van der Waals surface area (Å²) in [6.07, 6.45) is 1.39. The van der Waals surface area contributed by atoms with Gasteiger partial charge in [0.1, 0.15) is 11.5 Å². The van der Waals surface area contributed by atoms with Gasteiger partial charge in [-0.2, -0.15) is 0 Å². The lowest BCUT2D eigenvalue weighted by Gasteiger charge is -2.31. The first kappa shape index (κ1) is 19.0. The minimum Gasteiger partial charge on any atom is -0.494 e. The largest absolute Gasteiger partial charge is 0.494 e. The predicted molar refractivity (Wildman–Crippen MR) is 103 cm³/mol. The molecular weight excluding hydrogens is 342 g/mol. The fraction of sp³-hybridized carbons (Fsp3) is 0.364. The Morgan fingerprint density at radius 1 is 0.926 bits per heavy atom. The smallest absolute Gasteiger partial charge is 0.260 e. The third kappa shape index (κ3) is 5.09. The van der Waals surface area contributed by atoms with E-state index in [0.29, 0.717) is 38.3 Å². The Morgan fingerprint density at radius 3 is 2.11 bits per heavy atom. The Morgan fingerprint density at radius 2 is 1.52 bits per heavy atom. The minimum atomic E-state index is -0.0468. The summed E-state index contributed by atoms with van der Waals surface area (Å²) in [5.41, 5.74) is 0.751. The van der Waals surface area contributed by atoms with Crippen molar-refractivity contribution in [2.24, 2.45) is 5.92 Å². The molecule has 0 spiro atoms. The van der Waals surface area contributed by atoms with Gasteiger partial charge in [-0.3, -0.25) is 9.59 Å². The Hall–Kier alpha value is -2.82. The maximum Gasteiger partial charge on any atom is 0.260 e. The molecule has 5 nitrogen and oxygen atoms in total. The van der Waals surface area contributed by atoms with Gasteiger partial charge in [-0.15, -0.1) is 0 Å². The summed E-state index contributed by atoms with van der Waals surface area (Å²) in [6, 6.07) is 16.6. The summed E-state index contributed by atoms with van der Waals surface area (Å²) in [5.74, 6) is 1.54. The zero-order chi connectivity index (χ0) is 19.1. The Bertz CT molecular complexity index is 750. The number of carbonyl (C=O) groups excluding carboxylic acids is 2. The van der Waals surface area contributed by atoms with Crippen molar-refractivity contribution >= 4 is 11.7 Å². The van der Waals surface area contributed by atoms with Crippen molar-refractivity contribution in [3.8, 4) is 11.5 Å². The second-order valence-corrected chi connectivity index (χ2v) is 6.58. The molecule has 142 valence electrons. The van der Waals surface area contributed by atoms with Crippen LogP contribution < -0.4 is 9.47 Å². The summed E-state index contributed by atoms with van der Waals surface area (Å²) in [4.78, 5) is 26.7. The first-order chi connectivity index (χ1) is 13.2. The number of likely N-dealkylation sites (tertiary alicyclic amines) is 1. The van der Waals surface area contributed by atoms with Gasteiger partial charge in [0, 0.05) is 24.6 Å². The van der Waals surface area contributed by atoms with E-state index in [9.17, 15) is 9.59 Å². The molecule has 0 aromatic heterocycles. The van der Waals surface area contributed by atoms with Gasteiger partial charge in [-0.1, -0.05) is 30.3 Å². The quantitative estimate of drug-likeness (QED) is 0.702. The maximum atomic E-state index is 12.5. The molecular formula is C22H25NO4. The number of nitrogens with zero attached hydrogens (tertiary/aromatic N) is 1. The molecule has 0 unspecified atom stereocenters. The van der Waals surface area contributed by atoms with Crippen molar-refractivity contribution in [2.45, 2.75) is 19.8 Å². The van der Waals surface area contributed by atoms with Gasteiger partial charge in [0.25, 0.3) is 5.91 Å². The predicted octanol–water partition coefficient (Wildman–Crippen LogP) is 3.59. The van der Waals surface area contributed by atoms with Gasteiger partial charge < -0.3 is 14.4 Å². The van der Waals surface area contributed by atoms with Crippen molar-refractivity contribution in [1.82, 2.24) is 4.90 Å². The van der Waals surface area contributed by atoms with E-state index >= 15 is 0 Å². The number of piperidine rings is 1. The Balaban J connectivity index is 1.45. The van der Waals surface area contributed by atoms with Gasteiger partial charge >= 0.3 is 0 Å². The molecule has 1 heterocycles. The number of amides is 1. The number of ketones is 1. The van der Waals surface area contributed by atoms with E-state index in [4.69, 9.17) is 9.47 Å². The molecule has 0 saturated carbocycles. The molecule has 2 aromatic rings. The fourth-order valence-electron chi connectivity index (χ4n) is 3.26. The number of benzene rings is 2. The van der Waals surface area contributed by atoms with E-state index in [0.717, 1.165) is 11.3 Å². The molecule has 2 aromatic carbocycles. The highest BCUT2D eigenvalue weighted by molar-refractivity contribution is 5.98. The second kappa shape index (κ2) is 9.21. The van der Waals surface area contributed by atoms with Crippen LogP contribution in [0.1, 0.15) is 30.1 Å².